The smallest absolute Gasteiger partial charge is 0.422 e. The summed E-state index contributed by atoms with van der Waals surface area (Å²) < 4.78 is 41.5. The quantitative estimate of drug-likeness (QED) is 0.861. The van der Waals surface area contributed by atoms with Crippen LogP contribution in [0.25, 0.3) is 0 Å². The number of rotatable bonds is 5. The second kappa shape index (κ2) is 7.55. The third-order valence-electron chi connectivity index (χ3n) is 2.96. The van der Waals surface area contributed by atoms with Gasteiger partial charge in [0.05, 0.1) is 5.69 Å². The molecule has 0 heterocycles. The third kappa shape index (κ3) is 6.47. The Morgan fingerprint density at radius 1 is 1.17 bits per heavy atom. The molecule has 0 saturated heterocycles. The van der Waals surface area contributed by atoms with Crippen LogP contribution < -0.4 is 15.4 Å². The molecule has 1 atom stereocenters. The molecule has 24 heavy (non-hydrogen) atoms. The van der Waals surface area contributed by atoms with E-state index in [9.17, 15) is 22.8 Å². The maximum atomic E-state index is 12.3. The van der Waals surface area contributed by atoms with Gasteiger partial charge in [-0.1, -0.05) is 32.9 Å². The normalized spacial score (nSPS) is 13.1. The molecule has 8 heteroatoms. The minimum atomic E-state index is -4.48. The summed E-state index contributed by atoms with van der Waals surface area (Å²) in [6.45, 7) is 5.13. The van der Waals surface area contributed by atoms with Gasteiger partial charge < -0.3 is 15.4 Å². The Labute approximate surface area is 138 Å². The summed E-state index contributed by atoms with van der Waals surface area (Å²) in [6.07, 6.45) is -4.48. The first-order chi connectivity index (χ1) is 10.9. The van der Waals surface area contributed by atoms with Crippen LogP contribution in [0, 0.1) is 5.41 Å². The van der Waals surface area contributed by atoms with Crippen molar-refractivity contribution >= 4 is 17.5 Å². The van der Waals surface area contributed by atoms with Gasteiger partial charge in [0, 0.05) is 5.41 Å². The fourth-order valence-corrected chi connectivity index (χ4v) is 1.58. The number of hydrogen-bond acceptors (Lipinski definition) is 3. The number of ether oxygens (including phenoxy) is 1. The van der Waals surface area contributed by atoms with Crippen LogP contribution in [-0.2, 0) is 9.59 Å². The number of para-hydroxylation sites is 2. The molecular weight excluding hydrogens is 325 g/mol. The van der Waals surface area contributed by atoms with Gasteiger partial charge in [-0.25, -0.2) is 0 Å². The highest BCUT2D eigenvalue weighted by atomic mass is 19.4. The largest absolute Gasteiger partial charge is 0.482 e. The molecule has 2 N–H and O–H groups in total. The lowest BCUT2D eigenvalue weighted by molar-refractivity contribution is -0.153. The van der Waals surface area contributed by atoms with E-state index < -0.39 is 30.1 Å². The number of amides is 2. The zero-order valence-electron chi connectivity index (χ0n) is 14.0. The summed E-state index contributed by atoms with van der Waals surface area (Å²) in [4.78, 5) is 24.0. The molecule has 1 rings (SSSR count). The first kappa shape index (κ1) is 19.8. The van der Waals surface area contributed by atoms with E-state index in [1.165, 1.54) is 25.1 Å². The highest BCUT2D eigenvalue weighted by Gasteiger charge is 2.29. The van der Waals surface area contributed by atoms with Crippen LogP contribution in [0.4, 0.5) is 18.9 Å². The van der Waals surface area contributed by atoms with E-state index >= 15 is 0 Å². The number of nitrogens with one attached hydrogen (secondary N) is 2. The van der Waals surface area contributed by atoms with Crippen LogP contribution >= 0.6 is 0 Å². The van der Waals surface area contributed by atoms with E-state index in [-0.39, 0.29) is 17.3 Å². The second-order valence-corrected chi connectivity index (χ2v) is 6.33. The Hall–Kier alpha value is -2.25. The number of halogens is 3. The molecule has 0 aliphatic rings. The van der Waals surface area contributed by atoms with Gasteiger partial charge in [-0.05, 0) is 19.1 Å². The van der Waals surface area contributed by atoms with Gasteiger partial charge in [-0.3, -0.25) is 9.59 Å². The molecule has 5 nitrogen and oxygen atoms in total. The van der Waals surface area contributed by atoms with E-state index in [0.29, 0.717) is 0 Å². The van der Waals surface area contributed by atoms with Crippen LogP contribution in [-0.4, -0.2) is 30.6 Å². The van der Waals surface area contributed by atoms with Crippen molar-refractivity contribution in [2.75, 3.05) is 11.9 Å². The summed E-state index contributed by atoms with van der Waals surface area (Å²) in [5.41, 5.74) is -0.564. The van der Waals surface area contributed by atoms with E-state index in [1.807, 2.05) is 0 Å². The number of alkyl halides is 3. The van der Waals surface area contributed by atoms with Crippen molar-refractivity contribution in [1.82, 2.24) is 5.32 Å². The lowest BCUT2D eigenvalue weighted by Gasteiger charge is -2.22. The highest BCUT2D eigenvalue weighted by molar-refractivity contribution is 5.98. The molecule has 1 aromatic carbocycles. The SMILES string of the molecule is CC(NC(=O)C(C)(C)C)C(=O)Nc1ccccc1OCC(F)(F)F. The Morgan fingerprint density at radius 3 is 2.29 bits per heavy atom. The predicted molar refractivity (Wildman–Crippen MR) is 83.7 cm³/mol. The van der Waals surface area contributed by atoms with E-state index in [1.54, 1.807) is 26.8 Å². The van der Waals surface area contributed by atoms with Crippen LogP contribution in [0.5, 0.6) is 5.75 Å². The summed E-state index contributed by atoms with van der Waals surface area (Å²) in [6, 6.07) is 4.93. The summed E-state index contributed by atoms with van der Waals surface area (Å²) in [5.74, 6) is -0.972. The topological polar surface area (TPSA) is 67.4 Å². The van der Waals surface area contributed by atoms with Gasteiger partial charge in [0.15, 0.2) is 6.61 Å². The second-order valence-electron chi connectivity index (χ2n) is 6.33. The molecule has 0 aromatic heterocycles. The maximum absolute atomic E-state index is 12.3. The first-order valence-electron chi connectivity index (χ1n) is 7.30. The molecule has 0 saturated carbocycles. The zero-order chi connectivity index (χ0) is 18.5. The Morgan fingerprint density at radius 2 is 1.75 bits per heavy atom. The Bertz CT molecular complexity index is 595. The Kier molecular flexibility index (Phi) is 6.22. The number of carbonyl (C=O) groups excluding carboxylic acids is 2. The van der Waals surface area contributed by atoms with Gasteiger partial charge in [0.2, 0.25) is 11.8 Å². The average Bonchev–Trinajstić information content (AvgIpc) is 2.44. The summed E-state index contributed by atoms with van der Waals surface area (Å²) in [5, 5.41) is 5.00. The third-order valence-corrected chi connectivity index (χ3v) is 2.96. The first-order valence-corrected chi connectivity index (χ1v) is 7.30. The molecule has 1 aromatic rings. The van der Waals surface area contributed by atoms with Gasteiger partial charge in [0.25, 0.3) is 0 Å². The lowest BCUT2D eigenvalue weighted by Crippen LogP contribution is -2.46. The van der Waals surface area contributed by atoms with Crippen LogP contribution in [0.15, 0.2) is 24.3 Å². The van der Waals surface area contributed by atoms with Crippen molar-refractivity contribution in [1.29, 1.82) is 0 Å². The van der Waals surface area contributed by atoms with Crippen molar-refractivity contribution in [2.45, 2.75) is 39.9 Å². The van der Waals surface area contributed by atoms with Crippen molar-refractivity contribution in [3.05, 3.63) is 24.3 Å². The van der Waals surface area contributed by atoms with Crippen molar-refractivity contribution in [3.63, 3.8) is 0 Å². The van der Waals surface area contributed by atoms with E-state index in [4.69, 9.17) is 4.74 Å². The van der Waals surface area contributed by atoms with Gasteiger partial charge in [-0.15, -0.1) is 0 Å². The molecule has 0 bridgehead atoms. The standard InChI is InChI=1S/C16H21F3N2O3/c1-10(20-14(23)15(2,3)4)13(22)21-11-7-5-6-8-12(11)24-9-16(17,18)19/h5-8,10H,9H2,1-4H3,(H,20,23)(H,21,22). The molecule has 0 aliphatic carbocycles. The maximum Gasteiger partial charge on any atom is 0.422 e. The molecule has 1 unspecified atom stereocenters. The van der Waals surface area contributed by atoms with Gasteiger partial charge in [-0.2, -0.15) is 13.2 Å². The fourth-order valence-electron chi connectivity index (χ4n) is 1.58. The molecule has 0 aliphatic heterocycles. The minimum Gasteiger partial charge on any atom is -0.482 e. The minimum absolute atomic E-state index is 0.0995. The van der Waals surface area contributed by atoms with Gasteiger partial charge in [0.1, 0.15) is 11.8 Å². The fraction of sp³-hybridized carbons (Fsp3) is 0.500. The van der Waals surface area contributed by atoms with Crippen molar-refractivity contribution in [2.24, 2.45) is 5.41 Å². The van der Waals surface area contributed by atoms with Crippen LogP contribution in [0.3, 0.4) is 0 Å². The van der Waals surface area contributed by atoms with Crippen LogP contribution in [0.1, 0.15) is 27.7 Å². The monoisotopic (exact) mass is 346 g/mol. The lowest BCUT2D eigenvalue weighted by atomic mass is 9.95. The molecule has 0 fully saturated rings. The van der Waals surface area contributed by atoms with E-state index in [2.05, 4.69) is 10.6 Å². The average molecular weight is 346 g/mol. The van der Waals surface area contributed by atoms with Crippen molar-refractivity contribution in [3.8, 4) is 5.75 Å². The predicted octanol–water partition coefficient (Wildman–Crippen LogP) is 3.12. The number of anilines is 1. The molecule has 2 amide bonds. The number of carbonyl (C=O) groups is 2. The molecule has 134 valence electrons. The highest BCUT2D eigenvalue weighted by Crippen LogP contribution is 2.26. The summed E-state index contributed by atoms with van der Waals surface area (Å²) >= 11 is 0. The zero-order valence-corrected chi connectivity index (χ0v) is 14.0. The molecular formula is C16H21F3N2O3. The van der Waals surface area contributed by atoms with Gasteiger partial charge >= 0.3 is 6.18 Å². The number of benzene rings is 1. The summed E-state index contributed by atoms with van der Waals surface area (Å²) in [7, 11) is 0. The number of hydrogen-bond donors (Lipinski definition) is 2. The molecule has 0 spiro atoms. The van der Waals surface area contributed by atoms with Crippen molar-refractivity contribution < 1.29 is 27.5 Å². The Balaban J connectivity index is 2.75. The van der Waals surface area contributed by atoms with E-state index in [0.717, 1.165) is 0 Å². The van der Waals surface area contributed by atoms with Crippen LogP contribution in [0.2, 0.25) is 0 Å². The molecule has 0 radical (unpaired) electrons.